The third kappa shape index (κ3) is 2.38. The van der Waals surface area contributed by atoms with Crippen LogP contribution in [0.1, 0.15) is 34.5 Å². The normalized spacial score (nSPS) is 11.9. The van der Waals surface area contributed by atoms with Crippen molar-refractivity contribution in [2.75, 3.05) is 0 Å². The van der Waals surface area contributed by atoms with Gasteiger partial charge < -0.3 is 0 Å². The van der Waals surface area contributed by atoms with Crippen LogP contribution >= 0.6 is 0 Å². The van der Waals surface area contributed by atoms with Crippen LogP contribution in [0.3, 0.4) is 0 Å². The van der Waals surface area contributed by atoms with Gasteiger partial charge >= 0.3 is 0 Å². The zero-order valence-electron chi connectivity index (χ0n) is 10.00. The van der Waals surface area contributed by atoms with Gasteiger partial charge in [-0.3, -0.25) is 15.0 Å². The van der Waals surface area contributed by atoms with E-state index in [-0.39, 0.29) is 5.92 Å². The number of carbonyl (C=O) groups excluding carboxylic acids is 1. The molecule has 0 spiro atoms. The fraction of sp³-hybridized carbons (Fsp3) is 0.143. The zero-order chi connectivity index (χ0) is 13.0. The molecule has 0 aliphatic heterocycles. The lowest BCUT2D eigenvalue weighted by molar-refractivity contribution is 0.0704. The smallest absolute Gasteiger partial charge is 0.276 e. The summed E-state index contributed by atoms with van der Waals surface area (Å²) >= 11 is 0. The number of nitrogens with one attached hydrogen (secondary N) is 1. The number of benzene rings is 1. The van der Waals surface area contributed by atoms with Gasteiger partial charge in [-0.15, -0.1) is 0 Å². The number of hydroxylamine groups is 1. The second kappa shape index (κ2) is 5.42. The lowest BCUT2D eigenvalue weighted by Crippen LogP contribution is -2.21. The molecule has 2 N–H and O–H groups in total. The maximum atomic E-state index is 11.6. The predicted octanol–water partition coefficient (Wildman–Crippen LogP) is 2.35. The Morgan fingerprint density at radius 3 is 2.61 bits per heavy atom. The fourth-order valence-corrected chi connectivity index (χ4v) is 1.91. The Morgan fingerprint density at radius 2 is 1.94 bits per heavy atom. The number of pyridine rings is 1. The van der Waals surface area contributed by atoms with Crippen molar-refractivity contribution in [2.24, 2.45) is 0 Å². The van der Waals surface area contributed by atoms with Crippen molar-refractivity contribution < 1.29 is 10.0 Å². The quantitative estimate of drug-likeness (QED) is 0.641. The summed E-state index contributed by atoms with van der Waals surface area (Å²) in [6.45, 7) is 1.98. The Labute approximate surface area is 105 Å². The minimum absolute atomic E-state index is 0.0142. The third-order valence-corrected chi connectivity index (χ3v) is 2.89. The molecule has 1 atom stereocenters. The average Bonchev–Trinajstić information content (AvgIpc) is 2.46. The van der Waals surface area contributed by atoms with Crippen LogP contribution in [0, 0.1) is 0 Å². The molecule has 0 radical (unpaired) electrons. The van der Waals surface area contributed by atoms with Gasteiger partial charge in [0.05, 0.1) is 11.3 Å². The average molecular weight is 242 g/mol. The molecular weight excluding hydrogens is 228 g/mol. The highest BCUT2D eigenvalue weighted by molar-refractivity contribution is 5.94. The Morgan fingerprint density at radius 1 is 1.22 bits per heavy atom. The second-order valence-electron chi connectivity index (χ2n) is 4.01. The highest BCUT2D eigenvalue weighted by Crippen LogP contribution is 2.24. The van der Waals surface area contributed by atoms with Gasteiger partial charge in [-0.25, -0.2) is 5.48 Å². The van der Waals surface area contributed by atoms with E-state index >= 15 is 0 Å². The second-order valence-corrected chi connectivity index (χ2v) is 4.01. The molecule has 0 aliphatic rings. The van der Waals surface area contributed by atoms with Crippen molar-refractivity contribution in [3.63, 3.8) is 0 Å². The summed E-state index contributed by atoms with van der Waals surface area (Å²) in [6.07, 6.45) is 1.64. The SMILES string of the molecule is CC(c1ccccc1)c1ncccc1C(=O)NO. The standard InChI is InChI=1S/C14H14N2O2/c1-10(11-6-3-2-4-7-11)13-12(14(17)16-18)8-5-9-15-13/h2-10,18H,1H3,(H,16,17). The largest absolute Gasteiger partial charge is 0.288 e. The van der Waals surface area contributed by atoms with E-state index in [4.69, 9.17) is 5.21 Å². The van der Waals surface area contributed by atoms with E-state index in [0.717, 1.165) is 5.56 Å². The molecule has 0 saturated heterocycles. The molecule has 0 saturated carbocycles. The van der Waals surface area contributed by atoms with Crippen LogP contribution in [0.5, 0.6) is 0 Å². The van der Waals surface area contributed by atoms with Gasteiger partial charge in [0.1, 0.15) is 0 Å². The first-order valence-corrected chi connectivity index (χ1v) is 5.68. The lowest BCUT2D eigenvalue weighted by atomic mass is 9.94. The number of amides is 1. The Balaban J connectivity index is 2.42. The van der Waals surface area contributed by atoms with Crippen molar-refractivity contribution in [3.8, 4) is 0 Å². The molecule has 0 fully saturated rings. The highest BCUT2D eigenvalue weighted by atomic mass is 16.5. The molecule has 1 amide bonds. The van der Waals surface area contributed by atoms with Crippen LogP contribution in [0.4, 0.5) is 0 Å². The Bertz CT molecular complexity index is 541. The van der Waals surface area contributed by atoms with Crippen molar-refractivity contribution in [3.05, 3.63) is 65.5 Å². The third-order valence-electron chi connectivity index (χ3n) is 2.89. The van der Waals surface area contributed by atoms with Crippen LogP contribution < -0.4 is 5.48 Å². The molecule has 1 unspecified atom stereocenters. The van der Waals surface area contributed by atoms with E-state index in [1.807, 2.05) is 37.3 Å². The van der Waals surface area contributed by atoms with Crippen molar-refractivity contribution in [2.45, 2.75) is 12.8 Å². The van der Waals surface area contributed by atoms with Crippen molar-refractivity contribution in [1.82, 2.24) is 10.5 Å². The van der Waals surface area contributed by atoms with Gasteiger partial charge in [0.15, 0.2) is 0 Å². The van der Waals surface area contributed by atoms with E-state index in [0.29, 0.717) is 11.3 Å². The minimum atomic E-state index is -0.541. The van der Waals surface area contributed by atoms with Gasteiger partial charge in [-0.1, -0.05) is 37.3 Å². The van der Waals surface area contributed by atoms with Crippen LogP contribution in [0.2, 0.25) is 0 Å². The molecule has 1 aromatic heterocycles. The van der Waals surface area contributed by atoms with Crippen molar-refractivity contribution >= 4 is 5.91 Å². The fourth-order valence-electron chi connectivity index (χ4n) is 1.91. The highest BCUT2D eigenvalue weighted by Gasteiger charge is 2.17. The van der Waals surface area contributed by atoms with Gasteiger partial charge in [0.2, 0.25) is 0 Å². The molecule has 4 heteroatoms. The first kappa shape index (κ1) is 12.3. The number of hydrogen-bond acceptors (Lipinski definition) is 3. The Kier molecular flexibility index (Phi) is 3.69. The molecule has 2 aromatic rings. The van der Waals surface area contributed by atoms with Gasteiger partial charge in [0.25, 0.3) is 5.91 Å². The molecule has 92 valence electrons. The van der Waals surface area contributed by atoms with E-state index < -0.39 is 5.91 Å². The number of hydrogen-bond donors (Lipinski definition) is 2. The first-order valence-electron chi connectivity index (χ1n) is 5.68. The molecule has 1 aromatic carbocycles. The summed E-state index contributed by atoms with van der Waals surface area (Å²) in [5, 5.41) is 8.74. The number of rotatable bonds is 3. The molecular formula is C14H14N2O2. The van der Waals surface area contributed by atoms with Crippen LogP contribution in [0.15, 0.2) is 48.7 Å². The lowest BCUT2D eigenvalue weighted by Gasteiger charge is -2.14. The molecule has 0 aliphatic carbocycles. The summed E-state index contributed by atoms with van der Waals surface area (Å²) in [4.78, 5) is 15.8. The molecule has 2 rings (SSSR count). The van der Waals surface area contributed by atoms with Crippen LogP contribution in [-0.4, -0.2) is 16.1 Å². The molecule has 4 nitrogen and oxygen atoms in total. The van der Waals surface area contributed by atoms with Crippen LogP contribution in [-0.2, 0) is 0 Å². The maximum absolute atomic E-state index is 11.6. The summed E-state index contributed by atoms with van der Waals surface area (Å²) in [6, 6.07) is 13.1. The molecule has 1 heterocycles. The van der Waals surface area contributed by atoms with E-state index in [1.54, 1.807) is 23.8 Å². The Hall–Kier alpha value is -2.20. The monoisotopic (exact) mass is 242 g/mol. The number of carbonyl (C=O) groups is 1. The summed E-state index contributed by atoms with van der Waals surface area (Å²) < 4.78 is 0. The van der Waals surface area contributed by atoms with Gasteiger partial charge in [0, 0.05) is 12.1 Å². The minimum Gasteiger partial charge on any atom is -0.288 e. The topological polar surface area (TPSA) is 62.2 Å². The van der Waals surface area contributed by atoms with Gasteiger partial charge in [-0.05, 0) is 17.7 Å². The van der Waals surface area contributed by atoms with Crippen molar-refractivity contribution in [1.29, 1.82) is 0 Å². The van der Waals surface area contributed by atoms with Crippen LogP contribution in [0.25, 0.3) is 0 Å². The maximum Gasteiger partial charge on any atom is 0.276 e. The van der Waals surface area contributed by atoms with Gasteiger partial charge in [-0.2, -0.15) is 0 Å². The zero-order valence-corrected chi connectivity index (χ0v) is 10.00. The molecule has 18 heavy (non-hydrogen) atoms. The summed E-state index contributed by atoms with van der Waals surface area (Å²) in [7, 11) is 0. The first-order chi connectivity index (χ1) is 8.74. The number of nitrogens with zero attached hydrogens (tertiary/aromatic N) is 1. The predicted molar refractivity (Wildman–Crippen MR) is 67.4 cm³/mol. The molecule has 0 bridgehead atoms. The van der Waals surface area contributed by atoms with E-state index in [2.05, 4.69) is 4.98 Å². The summed E-state index contributed by atoms with van der Waals surface area (Å²) in [5.74, 6) is -0.555. The number of aromatic nitrogens is 1. The van der Waals surface area contributed by atoms with E-state index in [9.17, 15) is 4.79 Å². The van der Waals surface area contributed by atoms with E-state index in [1.165, 1.54) is 0 Å². The summed E-state index contributed by atoms with van der Waals surface area (Å²) in [5.41, 5.74) is 3.76.